The Bertz CT molecular complexity index is 1280. The van der Waals surface area contributed by atoms with Gasteiger partial charge in [-0.25, -0.2) is 0 Å². The number of alkyl halides is 3. The Kier molecular flexibility index (Phi) is 8.26. The lowest BCUT2D eigenvalue weighted by molar-refractivity contribution is -0.141. The molecule has 1 aliphatic rings. The van der Waals surface area contributed by atoms with Crippen LogP contribution in [0.25, 0.3) is 11.1 Å². The van der Waals surface area contributed by atoms with Gasteiger partial charge in [-0.3, -0.25) is 9.78 Å². The van der Waals surface area contributed by atoms with Gasteiger partial charge < -0.3 is 24.8 Å². The van der Waals surface area contributed by atoms with Crippen LogP contribution in [0.1, 0.15) is 21.6 Å². The number of anilines is 2. The molecule has 3 heterocycles. The highest BCUT2D eigenvalue weighted by molar-refractivity contribution is 7.28. The zero-order chi connectivity index (χ0) is 26.6. The number of halogens is 3. The number of carbonyl (C=O) groups excluding carboxylic acids is 1. The quantitative estimate of drug-likeness (QED) is 0.449. The largest absolute Gasteiger partial charge is 0.475 e. The second-order valence-corrected chi connectivity index (χ2v) is 8.98. The molecule has 1 fully saturated rings. The fourth-order valence-corrected chi connectivity index (χ4v) is 4.30. The Balaban J connectivity index is 1.69. The van der Waals surface area contributed by atoms with E-state index in [1.165, 1.54) is 6.07 Å². The number of morpholine rings is 1. The minimum Gasteiger partial charge on any atom is -0.475 e. The Morgan fingerprint density at radius 2 is 1.97 bits per heavy atom. The van der Waals surface area contributed by atoms with Crippen LogP contribution in [-0.4, -0.2) is 60.5 Å². The molecule has 0 saturated carbocycles. The third-order valence-corrected chi connectivity index (χ3v) is 6.21. The van der Waals surface area contributed by atoms with Gasteiger partial charge in [-0.05, 0) is 59.3 Å². The van der Waals surface area contributed by atoms with Crippen molar-refractivity contribution in [1.82, 2.24) is 9.97 Å². The highest BCUT2D eigenvalue weighted by atomic mass is 31.0. The van der Waals surface area contributed by atoms with E-state index >= 15 is 0 Å². The number of carbonyl (C=O) groups is 1. The highest BCUT2D eigenvalue weighted by Gasteiger charge is 2.33. The predicted molar refractivity (Wildman–Crippen MR) is 137 cm³/mol. The average molecular weight is 534 g/mol. The van der Waals surface area contributed by atoms with E-state index < -0.39 is 17.8 Å². The summed E-state index contributed by atoms with van der Waals surface area (Å²) >= 11 is 0. The number of rotatable bonds is 7. The topological polar surface area (TPSA) is 96.8 Å². The molecule has 1 atom stereocenters. The maximum Gasteiger partial charge on any atom is 0.433 e. The molecule has 1 amide bonds. The average Bonchev–Trinajstić information content (AvgIpc) is 2.89. The van der Waals surface area contributed by atoms with Crippen molar-refractivity contribution >= 4 is 32.0 Å². The number of nitrogens with one attached hydrogen (secondary N) is 1. The van der Waals surface area contributed by atoms with Crippen molar-refractivity contribution in [3.63, 3.8) is 0 Å². The van der Waals surface area contributed by atoms with Gasteiger partial charge in [-0.2, -0.15) is 18.2 Å². The Morgan fingerprint density at radius 1 is 1.22 bits per heavy atom. The van der Waals surface area contributed by atoms with E-state index in [0.29, 0.717) is 49.0 Å². The summed E-state index contributed by atoms with van der Waals surface area (Å²) in [6.45, 7) is 4.28. The summed E-state index contributed by atoms with van der Waals surface area (Å²) < 4.78 is 50.2. The summed E-state index contributed by atoms with van der Waals surface area (Å²) in [5, 5.41) is 12.6. The van der Waals surface area contributed by atoms with Crippen LogP contribution < -0.4 is 20.3 Å². The molecule has 4 rings (SSSR count). The summed E-state index contributed by atoms with van der Waals surface area (Å²) in [5.41, 5.74) is 1.57. The van der Waals surface area contributed by atoms with E-state index in [2.05, 4.69) is 29.4 Å². The van der Waals surface area contributed by atoms with Crippen molar-refractivity contribution in [2.75, 3.05) is 49.7 Å². The van der Waals surface area contributed by atoms with E-state index in [-0.39, 0.29) is 18.8 Å². The monoisotopic (exact) mass is 534 g/mol. The Morgan fingerprint density at radius 3 is 2.68 bits per heavy atom. The van der Waals surface area contributed by atoms with Crippen LogP contribution in [-0.2, 0) is 10.9 Å². The maximum atomic E-state index is 13.0. The van der Waals surface area contributed by atoms with Gasteiger partial charge in [0.1, 0.15) is 18.1 Å². The first-order chi connectivity index (χ1) is 17.7. The fourth-order valence-electron chi connectivity index (χ4n) is 3.90. The molecule has 196 valence electrons. The van der Waals surface area contributed by atoms with Crippen LogP contribution in [0.2, 0.25) is 0 Å². The molecule has 12 heteroatoms. The van der Waals surface area contributed by atoms with Crippen LogP contribution in [0.4, 0.5) is 24.7 Å². The summed E-state index contributed by atoms with van der Waals surface area (Å²) in [5.74, 6) is 0.330. The standard InChI is InChI=1S/C25H26F3N4O4P/c1-15-10-20(37)19(30-24(34)16-2-3-29-21(11-16)25(26,27)28)14-18(15)17-12-22(32-4-7-35-8-5-32)31-23(13-17)36-9-6-33/h2-3,10-14,33H,4-9,37H2,1H3,(H,30,34). The lowest BCUT2D eigenvalue weighted by atomic mass is 10.00. The van der Waals surface area contributed by atoms with Crippen molar-refractivity contribution in [3.05, 3.63) is 59.4 Å². The Hall–Kier alpha value is -3.27. The molecule has 3 aromatic rings. The smallest absolute Gasteiger partial charge is 0.433 e. The first-order valence-electron chi connectivity index (χ1n) is 11.5. The molecule has 8 nitrogen and oxygen atoms in total. The number of hydrogen-bond donors (Lipinski definition) is 2. The van der Waals surface area contributed by atoms with Crippen LogP contribution >= 0.6 is 9.24 Å². The molecule has 0 spiro atoms. The number of hydrogen-bond acceptors (Lipinski definition) is 7. The van der Waals surface area contributed by atoms with Gasteiger partial charge in [0.05, 0.1) is 19.8 Å². The number of aliphatic hydroxyl groups excluding tert-OH is 1. The number of amides is 1. The normalized spacial score (nSPS) is 13.9. The molecular formula is C25H26F3N4O4P. The van der Waals surface area contributed by atoms with Crippen LogP contribution in [0, 0.1) is 6.92 Å². The first kappa shape index (κ1) is 26.8. The van der Waals surface area contributed by atoms with Crippen LogP contribution in [0.3, 0.4) is 0 Å². The summed E-state index contributed by atoms with van der Waals surface area (Å²) in [6, 6.07) is 9.21. The summed E-state index contributed by atoms with van der Waals surface area (Å²) in [7, 11) is 2.53. The van der Waals surface area contributed by atoms with Gasteiger partial charge in [0.15, 0.2) is 0 Å². The van der Waals surface area contributed by atoms with E-state index in [9.17, 15) is 23.1 Å². The molecule has 2 N–H and O–H groups in total. The van der Waals surface area contributed by atoms with E-state index in [1.807, 2.05) is 19.1 Å². The number of nitrogens with zero attached hydrogens (tertiary/aromatic N) is 3. The minimum absolute atomic E-state index is 0.0790. The van der Waals surface area contributed by atoms with Gasteiger partial charge >= 0.3 is 6.18 Å². The molecule has 0 radical (unpaired) electrons. The molecule has 2 aromatic heterocycles. The minimum atomic E-state index is -4.66. The van der Waals surface area contributed by atoms with Crippen LogP contribution in [0.5, 0.6) is 5.88 Å². The van der Waals surface area contributed by atoms with E-state index in [4.69, 9.17) is 9.47 Å². The van der Waals surface area contributed by atoms with Gasteiger partial charge in [0, 0.05) is 36.6 Å². The van der Waals surface area contributed by atoms with Gasteiger partial charge in [-0.15, -0.1) is 9.24 Å². The van der Waals surface area contributed by atoms with Crippen LogP contribution in [0.15, 0.2) is 42.6 Å². The molecule has 1 aliphatic heterocycles. The number of aliphatic hydroxyl groups is 1. The molecule has 1 aromatic carbocycles. The van der Waals surface area contributed by atoms with Gasteiger partial charge in [0.25, 0.3) is 5.91 Å². The van der Waals surface area contributed by atoms with E-state index in [1.54, 1.807) is 12.1 Å². The maximum absolute atomic E-state index is 13.0. The van der Waals surface area contributed by atoms with Crippen molar-refractivity contribution < 1.29 is 32.5 Å². The zero-order valence-electron chi connectivity index (χ0n) is 20.0. The molecule has 1 unspecified atom stereocenters. The lowest BCUT2D eigenvalue weighted by Crippen LogP contribution is -2.36. The lowest BCUT2D eigenvalue weighted by Gasteiger charge is -2.28. The highest BCUT2D eigenvalue weighted by Crippen LogP contribution is 2.33. The molecule has 1 saturated heterocycles. The third kappa shape index (κ3) is 6.54. The SMILES string of the molecule is Cc1cc(P)c(NC(=O)c2ccnc(C(F)(F)F)c2)cc1-c1cc(OCCO)nc(N2CCOCC2)c1. The number of aromatic nitrogens is 2. The molecule has 37 heavy (non-hydrogen) atoms. The molecular weight excluding hydrogens is 508 g/mol. The van der Waals surface area contributed by atoms with Crippen molar-refractivity contribution in [1.29, 1.82) is 0 Å². The van der Waals surface area contributed by atoms with Crippen molar-refractivity contribution in [2.24, 2.45) is 0 Å². The fraction of sp³-hybridized carbons (Fsp3) is 0.320. The predicted octanol–water partition coefficient (Wildman–Crippen LogP) is 3.43. The molecule has 0 aliphatic carbocycles. The summed E-state index contributed by atoms with van der Waals surface area (Å²) in [6.07, 6.45) is -3.70. The summed E-state index contributed by atoms with van der Waals surface area (Å²) in [4.78, 5) is 22.8. The number of aryl methyl sites for hydroxylation is 1. The third-order valence-electron chi connectivity index (χ3n) is 5.73. The second-order valence-electron chi connectivity index (χ2n) is 8.36. The first-order valence-corrected chi connectivity index (χ1v) is 12.1. The number of pyridine rings is 2. The van der Waals surface area contributed by atoms with E-state index in [0.717, 1.165) is 29.0 Å². The number of benzene rings is 1. The van der Waals surface area contributed by atoms with Crippen molar-refractivity contribution in [2.45, 2.75) is 13.1 Å². The Labute approximate surface area is 214 Å². The van der Waals surface area contributed by atoms with Gasteiger partial charge in [0.2, 0.25) is 5.88 Å². The number of ether oxygens (including phenoxy) is 2. The molecule has 0 bridgehead atoms. The zero-order valence-corrected chi connectivity index (χ0v) is 21.2. The second kappa shape index (κ2) is 11.4. The van der Waals surface area contributed by atoms with Gasteiger partial charge in [-0.1, -0.05) is 0 Å². The van der Waals surface area contributed by atoms with Crippen molar-refractivity contribution in [3.8, 4) is 17.0 Å².